The lowest BCUT2D eigenvalue weighted by molar-refractivity contribution is 0.0586. The highest BCUT2D eigenvalue weighted by Gasteiger charge is 2.08. The molecule has 0 heterocycles. The molecule has 24 heavy (non-hydrogen) atoms. The van der Waals surface area contributed by atoms with E-state index in [0.717, 1.165) is 11.1 Å². The number of methoxy groups -OCH3 is 2. The minimum atomic E-state index is -0.429. The summed E-state index contributed by atoms with van der Waals surface area (Å²) < 4.78 is 9.02. The van der Waals surface area contributed by atoms with Crippen molar-refractivity contribution in [3.05, 3.63) is 70.8 Å². The summed E-state index contributed by atoms with van der Waals surface area (Å²) in [7, 11) is 2.60. The Kier molecular flexibility index (Phi) is 8.18. The summed E-state index contributed by atoms with van der Waals surface area (Å²) >= 11 is 0. The van der Waals surface area contributed by atoms with Crippen molar-refractivity contribution in [2.24, 2.45) is 0 Å². The fourth-order valence-corrected chi connectivity index (χ4v) is 1.73. The average molecular weight is 332 g/mol. The molecule has 2 N–H and O–H groups in total. The molecule has 0 fully saturated rings. The summed E-state index contributed by atoms with van der Waals surface area (Å²) in [5.41, 5.74) is 2.55. The van der Waals surface area contributed by atoms with Crippen molar-refractivity contribution in [3.8, 4) is 0 Å². The van der Waals surface area contributed by atoms with E-state index in [1.807, 2.05) is 0 Å². The Morgan fingerprint density at radius 2 is 1.00 bits per heavy atom. The lowest BCUT2D eigenvalue weighted by Crippen LogP contribution is -2.04. The van der Waals surface area contributed by atoms with E-state index >= 15 is 0 Å². The molecule has 0 aliphatic heterocycles. The Morgan fingerprint density at radius 1 is 0.708 bits per heavy atom. The largest absolute Gasteiger partial charge is 0.465 e. The van der Waals surface area contributed by atoms with Gasteiger partial charge in [-0.3, -0.25) is 0 Å². The molecule has 6 heteroatoms. The van der Waals surface area contributed by atoms with Crippen molar-refractivity contribution in [2.45, 2.75) is 13.2 Å². The molecule has 6 nitrogen and oxygen atoms in total. The van der Waals surface area contributed by atoms with Gasteiger partial charge in [-0.2, -0.15) is 0 Å². The van der Waals surface area contributed by atoms with Gasteiger partial charge in [0.2, 0.25) is 0 Å². The number of carbonyl (C=O) groups is 2. The molecule has 0 saturated heterocycles. The zero-order chi connectivity index (χ0) is 17.9. The first kappa shape index (κ1) is 19.3. The molecule has 128 valence electrons. The summed E-state index contributed by atoms with van der Waals surface area (Å²) in [4.78, 5) is 22.1. The van der Waals surface area contributed by atoms with Crippen LogP contribution in [0.15, 0.2) is 48.5 Å². The highest BCUT2D eigenvalue weighted by molar-refractivity contribution is 5.93. The lowest BCUT2D eigenvalue weighted by Gasteiger charge is -2.00. The highest BCUT2D eigenvalue weighted by atomic mass is 16.5. The predicted molar refractivity (Wildman–Crippen MR) is 87.4 cm³/mol. The highest BCUT2D eigenvalue weighted by Crippen LogP contribution is 2.06. The standard InChI is InChI=1S/C10H10O4.C8H10O2/c1-13-9(11)7-3-5-8(6-4-7)10(12)14-2;9-5-7-1-2-8(6-10)4-3-7/h3-6H,1-2H3;1-4,9-10H,5-6H2. The minimum Gasteiger partial charge on any atom is -0.465 e. The third-order valence-corrected chi connectivity index (χ3v) is 3.12. The fourth-order valence-electron chi connectivity index (χ4n) is 1.73. The molecule has 0 spiro atoms. The zero-order valence-electron chi connectivity index (χ0n) is 13.6. The number of aliphatic hydroxyl groups is 2. The summed E-state index contributed by atoms with van der Waals surface area (Å²) in [6.45, 7) is 0.122. The molecule has 2 aromatic rings. The van der Waals surface area contributed by atoms with Crippen LogP contribution in [0.1, 0.15) is 31.8 Å². The Bertz CT molecular complexity index is 588. The zero-order valence-corrected chi connectivity index (χ0v) is 13.6. The number of carbonyl (C=O) groups excluding carboxylic acids is 2. The van der Waals surface area contributed by atoms with Crippen LogP contribution in [0, 0.1) is 0 Å². The number of esters is 2. The van der Waals surface area contributed by atoms with Gasteiger partial charge in [-0.05, 0) is 35.4 Å². The summed E-state index contributed by atoms with van der Waals surface area (Å²) in [5, 5.41) is 17.3. The summed E-state index contributed by atoms with van der Waals surface area (Å²) in [6, 6.07) is 13.2. The number of rotatable bonds is 4. The van der Waals surface area contributed by atoms with Crippen LogP contribution in [-0.2, 0) is 22.7 Å². The van der Waals surface area contributed by atoms with Crippen molar-refractivity contribution in [3.63, 3.8) is 0 Å². The maximum Gasteiger partial charge on any atom is 0.337 e. The molecular weight excluding hydrogens is 312 g/mol. The number of hydrogen-bond acceptors (Lipinski definition) is 6. The lowest BCUT2D eigenvalue weighted by atomic mass is 10.1. The van der Waals surface area contributed by atoms with Crippen LogP contribution in [0.3, 0.4) is 0 Å². The Hall–Kier alpha value is -2.70. The predicted octanol–water partition coefficient (Wildman–Crippen LogP) is 1.93. The van der Waals surface area contributed by atoms with E-state index in [0.29, 0.717) is 11.1 Å². The van der Waals surface area contributed by atoms with E-state index in [1.165, 1.54) is 38.5 Å². The van der Waals surface area contributed by atoms with Crippen LogP contribution < -0.4 is 0 Å². The Labute approximate surface area is 140 Å². The van der Waals surface area contributed by atoms with Crippen LogP contribution in [0.5, 0.6) is 0 Å². The van der Waals surface area contributed by atoms with E-state index in [4.69, 9.17) is 10.2 Å². The minimum absolute atomic E-state index is 0.0612. The van der Waals surface area contributed by atoms with E-state index in [1.54, 1.807) is 24.3 Å². The molecule has 0 saturated carbocycles. The van der Waals surface area contributed by atoms with Crippen LogP contribution in [0.4, 0.5) is 0 Å². The van der Waals surface area contributed by atoms with Gasteiger partial charge >= 0.3 is 11.9 Å². The third-order valence-electron chi connectivity index (χ3n) is 3.12. The molecular formula is C18H20O6. The van der Waals surface area contributed by atoms with Crippen molar-refractivity contribution < 1.29 is 29.3 Å². The third kappa shape index (κ3) is 5.83. The second-order valence-electron chi connectivity index (χ2n) is 4.69. The summed E-state index contributed by atoms with van der Waals surface area (Å²) in [6.07, 6.45) is 0. The van der Waals surface area contributed by atoms with Crippen molar-refractivity contribution in [2.75, 3.05) is 14.2 Å². The first-order valence-corrected chi connectivity index (χ1v) is 7.12. The molecule has 0 aromatic heterocycles. The topological polar surface area (TPSA) is 93.1 Å². The number of aliphatic hydroxyl groups excluding tert-OH is 2. The van der Waals surface area contributed by atoms with Gasteiger partial charge in [-0.15, -0.1) is 0 Å². The van der Waals surface area contributed by atoms with Gasteiger partial charge in [0.05, 0.1) is 38.6 Å². The fraction of sp³-hybridized carbons (Fsp3) is 0.222. The molecule has 0 amide bonds. The SMILES string of the molecule is COC(=O)c1ccc(C(=O)OC)cc1.OCc1ccc(CO)cc1. The van der Waals surface area contributed by atoms with Gasteiger partial charge in [-0.1, -0.05) is 24.3 Å². The van der Waals surface area contributed by atoms with E-state index in [2.05, 4.69) is 9.47 Å². The smallest absolute Gasteiger partial charge is 0.337 e. The quantitative estimate of drug-likeness (QED) is 0.831. The first-order valence-electron chi connectivity index (χ1n) is 7.12. The average Bonchev–Trinajstić information content (AvgIpc) is 2.67. The maximum atomic E-state index is 11.0. The van der Waals surface area contributed by atoms with Gasteiger partial charge in [-0.25, -0.2) is 9.59 Å². The van der Waals surface area contributed by atoms with Crippen LogP contribution in [-0.4, -0.2) is 36.4 Å². The number of ether oxygens (including phenoxy) is 2. The van der Waals surface area contributed by atoms with Crippen molar-refractivity contribution in [1.29, 1.82) is 0 Å². The molecule has 0 aliphatic carbocycles. The van der Waals surface area contributed by atoms with Gasteiger partial charge in [0.25, 0.3) is 0 Å². The molecule has 0 aliphatic rings. The maximum absolute atomic E-state index is 11.0. The van der Waals surface area contributed by atoms with E-state index in [9.17, 15) is 9.59 Å². The number of hydrogen-bond donors (Lipinski definition) is 2. The van der Waals surface area contributed by atoms with Gasteiger partial charge in [0.1, 0.15) is 0 Å². The van der Waals surface area contributed by atoms with Crippen molar-refractivity contribution in [1.82, 2.24) is 0 Å². The normalized spacial score (nSPS) is 9.50. The summed E-state index contributed by atoms with van der Waals surface area (Å²) in [5.74, 6) is -0.858. The van der Waals surface area contributed by atoms with Crippen LogP contribution in [0.25, 0.3) is 0 Å². The molecule has 0 bridgehead atoms. The second kappa shape index (κ2) is 10.1. The van der Waals surface area contributed by atoms with Gasteiger partial charge < -0.3 is 19.7 Å². The monoisotopic (exact) mass is 332 g/mol. The first-order chi connectivity index (χ1) is 11.5. The molecule has 0 unspecified atom stereocenters. The Balaban J connectivity index is 0.000000254. The second-order valence-corrected chi connectivity index (χ2v) is 4.69. The van der Waals surface area contributed by atoms with Gasteiger partial charge in [0, 0.05) is 0 Å². The van der Waals surface area contributed by atoms with Crippen molar-refractivity contribution >= 4 is 11.9 Å². The molecule has 2 rings (SSSR count). The van der Waals surface area contributed by atoms with Gasteiger partial charge in [0.15, 0.2) is 0 Å². The molecule has 0 atom stereocenters. The van der Waals surface area contributed by atoms with E-state index < -0.39 is 11.9 Å². The molecule has 0 radical (unpaired) electrons. The van der Waals surface area contributed by atoms with E-state index in [-0.39, 0.29) is 13.2 Å². The molecule has 2 aromatic carbocycles. The van der Waals surface area contributed by atoms with Crippen LogP contribution >= 0.6 is 0 Å². The number of benzene rings is 2. The van der Waals surface area contributed by atoms with Crippen LogP contribution in [0.2, 0.25) is 0 Å². The Morgan fingerprint density at radius 3 is 1.21 bits per heavy atom.